The third-order valence-electron chi connectivity index (χ3n) is 3.65. The molecule has 5 heteroatoms. The highest BCUT2D eigenvalue weighted by molar-refractivity contribution is 6.30. The lowest BCUT2D eigenvalue weighted by Crippen LogP contribution is -2.08. The molecule has 3 aromatic rings. The van der Waals surface area contributed by atoms with Crippen LogP contribution in [-0.2, 0) is 6.54 Å². The lowest BCUT2D eigenvalue weighted by atomic mass is 10.2. The molecule has 0 saturated carbocycles. The van der Waals surface area contributed by atoms with Gasteiger partial charge < -0.3 is 4.57 Å². The molecule has 102 valence electrons. The summed E-state index contributed by atoms with van der Waals surface area (Å²) in [7, 11) is 0. The Kier molecular flexibility index (Phi) is 3.10. The van der Waals surface area contributed by atoms with Gasteiger partial charge in [-0.2, -0.15) is 5.10 Å². The van der Waals surface area contributed by atoms with Crippen LogP contribution in [0.25, 0.3) is 10.8 Å². The van der Waals surface area contributed by atoms with Crippen LogP contribution in [0.5, 0.6) is 0 Å². The van der Waals surface area contributed by atoms with E-state index in [1.54, 1.807) is 6.20 Å². The number of aromatic amines is 1. The third-order valence-corrected chi connectivity index (χ3v) is 3.88. The first-order valence-electron chi connectivity index (χ1n) is 6.35. The number of H-pyrrole nitrogens is 1. The van der Waals surface area contributed by atoms with Gasteiger partial charge in [0, 0.05) is 28.3 Å². The Labute approximate surface area is 121 Å². The lowest BCUT2D eigenvalue weighted by molar-refractivity contribution is 0.754. The Morgan fingerprint density at radius 3 is 2.80 bits per heavy atom. The van der Waals surface area contributed by atoms with Crippen LogP contribution in [0.2, 0.25) is 5.02 Å². The van der Waals surface area contributed by atoms with Gasteiger partial charge in [0.25, 0.3) is 5.56 Å². The Bertz CT molecular complexity index is 848. The molecule has 4 nitrogen and oxygen atoms in total. The maximum atomic E-state index is 11.9. The van der Waals surface area contributed by atoms with Gasteiger partial charge in [-0.25, -0.2) is 5.10 Å². The largest absolute Gasteiger partial charge is 0.343 e. The minimum atomic E-state index is -0.145. The van der Waals surface area contributed by atoms with Gasteiger partial charge >= 0.3 is 0 Å². The van der Waals surface area contributed by atoms with Crippen molar-refractivity contribution in [1.29, 1.82) is 0 Å². The first-order valence-corrected chi connectivity index (χ1v) is 6.73. The van der Waals surface area contributed by atoms with E-state index >= 15 is 0 Å². The molecule has 0 amide bonds. The second-order valence-electron chi connectivity index (χ2n) is 4.87. The minimum absolute atomic E-state index is 0.145. The molecule has 0 aliphatic rings. The van der Waals surface area contributed by atoms with Crippen molar-refractivity contribution in [3.63, 3.8) is 0 Å². The van der Waals surface area contributed by atoms with E-state index in [9.17, 15) is 4.79 Å². The van der Waals surface area contributed by atoms with E-state index in [-0.39, 0.29) is 5.56 Å². The SMILES string of the molecule is Cc1c2cn[nH]c(=O)c2c(C)n1Cc1cccc(Cl)c1. The Morgan fingerprint density at radius 1 is 1.30 bits per heavy atom. The molecule has 20 heavy (non-hydrogen) atoms. The molecule has 0 fully saturated rings. The van der Waals surface area contributed by atoms with Gasteiger partial charge in [-0.1, -0.05) is 23.7 Å². The second kappa shape index (κ2) is 4.80. The standard InChI is InChI=1S/C15H14ClN3O/c1-9-13-7-17-18-15(20)14(13)10(2)19(9)8-11-4-3-5-12(16)6-11/h3-7H,8H2,1-2H3,(H,18,20). The smallest absolute Gasteiger partial charge is 0.273 e. The molecule has 0 spiro atoms. The number of aromatic nitrogens is 3. The Morgan fingerprint density at radius 2 is 2.10 bits per heavy atom. The van der Waals surface area contributed by atoms with E-state index in [1.807, 2.05) is 38.1 Å². The van der Waals surface area contributed by atoms with Crippen molar-refractivity contribution in [2.75, 3.05) is 0 Å². The number of fused-ring (bicyclic) bond motifs is 1. The number of rotatable bonds is 2. The zero-order valence-electron chi connectivity index (χ0n) is 11.3. The van der Waals surface area contributed by atoms with Crippen molar-refractivity contribution in [2.45, 2.75) is 20.4 Å². The number of halogens is 1. The lowest BCUT2D eigenvalue weighted by Gasteiger charge is -2.09. The van der Waals surface area contributed by atoms with Gasteiger partial charge in [0.1, 0.15) is 0 Å². The summed E-state index contributed by atoms with van der Waals surface area (Å²) in [5, 5.41) is 8.69. The van der Waals surface area contributed by atoms with Crippen LogP contribution >= 0.6 is 11.6 Å². The molecule has 1 N–H and O–H groups in total. The van der Waals surface area contributed by atoms with Gasteiger partial charge in [-0.15, -0.1) is 0 Å². The minimum Gasteiger partial charge on any atom is -0.343 e. The molecule has 0 aliphatic carbocycles. The van der Waals surface area contributed by atoms with Gasteiger partial charge in [-0.3, -0.25) is 4.79 Å². The van der Waals surface area contributed by atoms with E-state index in [1.165, 1.54) is 0 Å². The van der Waals surface area contributed by atoms with Gasteiger partial charge in [0.15, 0.2) is 0 Å². The van der Waals surface area contributed by atoms with Crippen molar-refractivity contribution < 1.29 is 0 Å². The zero-order valence-corrected chi connectivity index (χ0v) is 12.0. The molecule has 0 bridgehead atoms. The number of aryl methyl sites for hydroxylation is 2. The number of hydrogen-bond donors (Lipinski definition) is 1. The molecule has 1 aromatic carbocycles. The molecule has 2 aromatic heterocycles. The van der Waals surface area contributed by atoms with Crippen molar-refractivity contribution in [3.8, 4) is 0 Å². The predicted octanol–water partition coefficient (Wildman–Crippen LogP) is 3.04. The highest BCUT2D eigenvalue weighted by Gasteiger charge is 2.14. The summed E-state index contributed by atoms with van der Waals surface area (Å²) in [6, 6.07) is 7.75. The quantitative estimate of drug-likeness (QED) is 0.787. The summed E-state index contributed by atoms with van der Waals surface area (Å²) in [6.45, 7) is 4.64. The van der Waals surface area contributed by atoms with E-state index in [0.717, 1.165) is 22.3 Å². The predicted molar refractivity (Wildman–Crippen MR) is 80.4 cm³/mol. The molecule has 2 heterocycles. The highest BCUT2D eigenvalue weighted by atomic mass is 35.5. The fraction of sp³-hybridized carbons (Fsp3) is 0.200. The van der Waals surface area contributed by atoms with Crippen LogP contribution in [0.3, 0.4) is 0 Å². The first-order chi connectivity index (χ1) is 9.58. The molecule has 0 aliphatic heterocycles. The van der Waals surface area contributed by atoms with E-state index in [2.05, 4.69) is 14.8 Å². The Balaban J connectivity index is 2.17. The molecule has 0 unspecified atom stereocenters. The third kappa shape index (κ3) is 2.02. The maximum Gasteiger partial charge on any atom is 0.273 e. The molecule has 0 atom stereocenters. The average Bonchev–Trinajstić information content (AvgIpc) is 2.65. The number of nitrogens with zero attached hydrogens (tertiary/aromatic N) is 2. The second-order valence-corrected chi connectivity index (χ2v) is 5.31. The van der Waals surface area contributed by atoms with E-state index in [0.29, 0.717) is 17.0 Å². The average molecular weight is 288 g/mol. The van der Waals surface area contributed by atoms with Crippen LogP contribution in [0.15, 0.2) is 35.3 Å². The molecule has 0 saturated heterocycles. The number of benzene rings is 1. The van der Waals surface area contributed by atoms with E-state index in [4.69, 9.17) is 11.6 Å². The topological polar surface area (TPSA) is 50.7 Å². The summed E-state index contributed by atoms with van der Waals surface area (Å²) in [6.07, 6.45) is 1.70. The zero-order chi connectivity index (χ0) is 14.3. The van der Waals surface area contributed by atoms with Crippen molar-refractivity contribution >= 4 is 22.4 Å². The first kappa shape index (κ1) is 12.9. The summed E-state index contributed by atoms with van der Waals surface area (Å²) in [5.74, 6) is 0. The van der Waals surface area contributed by atoms with Crippen LogP contribution < -0.4 is 5.56 Å². The maximum absolute atomic E-state index is 11.9. The van der Waals surface area contributed by atoms with Gasteiger partial charge in [-0.05, 0) is 31.5 Å². The molecular weight excluding hydrogens is 274 g/mol. The summed E-state index contributed by atoms with van der Waals surface area (Å²) in [4.78, 5) is 11.9. The van der Waals surface area contributed by atoms with Crippen LogP contribution in [0.4, 0.5) is 0 Å². The fourth-order valence-electron chi connectivity index (χ4n) is 2.62. The summed E-state index contributed by atoms with van der Waals surface area (Å²) < 4.78 is 2.12. The number of nitrogens with one attached hydrogen (secondary N) is 1. The van der Waals surface area contributed by atoms with Gasteiger partial charge in [0.2, 0.25) is 0 Å². The number of hydrogen-bond acceptors (Lipinski definition) is 2. The molecular formula is C15H14ClN3O. The molecule has 3 rings (SSSR count). The van der Waals surface area contributed by atoms with Crippen LogP contribution in [0, 0.1) is 13.8 Å². The summed E-state index contributed by atoms with van der Waals surface area (Å²) >= 11 is 6.02. The Hall–Kier alpha value is -2.07. The van der Waals surface area contributed by atoms with E-state index < -0.39 is 0 Å². The molecule has 0 radical (unpaired) electrons. The van der Waals surface area contributed by atoms with Crippen molar-refractivity contribution in [3.05, 3.63) is 62.8 Å². The fourth-order valence-corrected chi connectivity index (χ4v) is 2.83. The van der Waals surface area contributed by atoms with Crippen molar-refractivity contribution in [1.82, 2.24) is 14.8 Å². The van der Waals surface area contributed by atoms with Crippen LogP contribution in [0.1, 0.15) is 17.0 Å². The van der Waals surface area contributed by atoms with Gasteiger partial charge in [0.05, 0.1) is 11.6 Å². The monoisotopic (exact) mass is 287 g/mol. The highest BCUT2D eigenvalue weighted by Crippen LogP contribution is 2.23. The summed E-state index contributed by atoms with van der Waals surface area (Å²) in [5.41, 5.74) is 2.94. The van der Waals surface area contributed by atoms with Crippen LogP contribution in [-0.4, -0.2) is 14.8 Å². The van der Waals surface area contributed by atoms with Crippen molar-refractivity contribution in [2.24, 2.45) is 0 Å². The normalized spacial score (nSPS) is 11.2.